The molecule has 0 radical (unpaired) electrons. The van der Waals surface area contributed by atoms with Crippen molar-refractivity contribution in [1.82, 2.24) is 10.6 Å². The third-order valence-corrected chi connectivity index (χ3v) is 3.86. The highest BCUT2D eigenvalue weighted by Gasteiger charge is 2.22. The number of carbonyl (C=O) groups is 1. The fourth-order valence-corrected chi connectivity index (χ4v) is 2.49. The van der Waals surface area contributed by atoms with Crippen LogP contribution in [0.4, 0.5) is 9.18 Å². The van der Waals surface area contributed by atoms with Crippen molar-refractivity contribution in [2.45, 2.75) is 25.8 Å². The summed E-state index contributed by atoms with van der Waals surface area (Å²) >= 11 is 0. The molecule has 0 atom stereocenters. The monoisotopic (exact) mass is 330 g/mol. The van der Waals surface area contributed by atoms with E-state index in [1.54, 1.807) is 19.2 Å². The van der Waals surface area contributed by atoms with Gasteiger partial charge in [0.1, 0.15) is 11.6 Å². The van der Waals surface area contributed by atoms with Crippen molar-refractivity contribution >= 4 is 6.03 Å². The quantitative estimate of drug-likeness (QED) is 0.850. The summed E-state index contributed by atoms with van der Waals surface area (Å²) in [5.74, 6) is 0.516. The summed E-state index contributed by atoms with van der Waals surface area (Å²) < 4.78 is 18.3. The first-order valence-corrected chi connectivity index (χ1v) is 7.86. The predicted octanol–water partition coefficient (Wildman–Crippen LogP) is 3.61. The van der Waals surface area contributed by atoms with Gasteiger partial charge in [-0.25, -0.2) is 9.18 Å². The highest BCUT2D eigenvalue weighted by Crippen LogP contribution is 2.20. The molecule has 0 saturated heterocycles. The van der Waals surface area contributed by atoms with Crippen molar-refractivity contribution in [2.24, 2.45) is 0 Å². The summed E-state index contributed by atoms with van der Waals surface area (Å²) in [6.07, 6.45) is 0.675. The lowest BCUT2D eigenvalue weighted by Gasteiger charge is -2.27. The smallest absolute Gasteiger partial charge is 0.315 e. The summed E-state index contributed by atoms with van der Waals surface area (Å²) in [6, 6.07) is 13.6. The summed E-state index contributed by atoms with van der Waals surface area (Å²) in [6.45, 7) is 4.24. The first-order chi connectivity index (χ1) is 11.4. The zero-order valence-corrected chi connectivity index (χ0v) is 14.2. The molecule has 2 aromatic carbocycles. The molecule has 128 valence electrons. The second-order valence-electron chi connectivity index (χ2n) is 6.07. The van der Waals surface area contributed by atoms with Gasteiger partial charge in [-0.2, -0.15) is 0 Å². The molecule has 2 N–H and O–H groups in total. The largest absolute Gasteiger partial charge is 0.496 e. The average molecular weight is 330 g/mol. The van der Waals surface area contributed by atoms with Crippen LogP contribution in [0, 0.1) is 5.82 Å². The molecule has 24 heavy (non-hydrogen) atoms. The highest BCUT2D eigenvalue weighted by atomic mass is 19.1. The average Bonchev–Trinajstić information content (AvgIpc) is 2.55. The van der Waals surface area contributed by atoms with Gasteiger partial charge >= 0.3 is 6.03 Å². The van der Waals surface area contributed by atoms with E-state index in [-0.39, 0.29) is 11.8 Å². The van der Waals surface area contributed by atoms with E-state index in [9.17, 15) is 9.18 Å². The lowest BCUT2D eigenvalue weighted by atomic mass is 9.94. The van der Waals surface area contributed by atoms with Crippen LogP contribution in [-0.4, -0.2) is 19.7 Å². The molecule has 0 spiro atoms. The fourth-order valence-electron chi connectivity index (χ4n) is 2.49. The van der Waals surface area contributed by atoms with Crippen LogP contribution in [0.5, 0.6) is 5.75 Å². The van der Waals surface area contributed by atoms with Crippen LogP contribution < -0.4 is 15.4 Å². The van der Waals surface area contributed by atoms with Gasteiger partial charge < -0.3 is 15.4 Å². The van der Waals surface area contributed by atoms with E-state index in [1.807, 2.05) is 38.1 Å². The van der Waals surface area contributed by atoms with E-state index in [0.717, 1.165) is 16.9 Å². The SMILES string of the molecule is COc1ccccc1CCNC(=O)NC(C)(C)c1ccc(F)cc1. The van der Waals surface area contributed by atoms with Crippen molar-refractivity contribution in [2.75, 3.05) is 13.7 Å². The van der Waals surface area contributed by atoms with Gasteiger partial charge in [0.2, 0.25) is 0 Å². The number of hydrogen-bond donors (Lipinski definition) is 2. The number of hydrogen-bond acceptors (Lipinski definition) is 2. The molecule has 0 aliphatic carbocycles. The van der Waals surface area contributed by atoms with Crippen molar-refractivity contribution < 1.29 is 13.9 Å². The van der Waals surface area contributed by atoms with Crippen molar-refractivity contribution in [3.63, 3.8) is 0 Å². The molecule has 2 amide bonds. The molecule has 0 saturated carbocycles. The Morgan fingerprint density at radius 1 is 1.12 bits per heavy atom. The van der Waals surface area contributed by atoms with Gasteiger partial charge in [-0.1, -0.05) is 30.3 Å². The zero-order chi connectivity index (χ0) is 17.6. The van der Waals surface area contributed by atoms with E-state index in [2.05, 4.69) is 10.6 Å². The molecule has 0 bridgehead atoms. The topological polar surface area (TPSA) is 50.4 Å². The van der Waals surface area contributed by atoms with Crippen molar-refractivity contribution in [1.29, 1.82) is 0 Å². The Balaban J connectivity index is 1.87. The Morgan fingerprint density at radius 2 is 1.79 bits per heavy atom. The van der Waals surface area contributed by atoms with Crippen LogP contribution in [0.2, 0.25) is 0 Å². The fraction of sp³-hybridized carbons (Fsp3) is 0.316. The number of methoxy groups -OCH3 is 1. The number of carbonyl (C=O) groups excluding carboxylic acids is 1. The molecular weight excluding hydrogens is 307 g/mol. The standard InChI is InChI=1S/C19H23FN2O2/c1-19(2,15-8-10-16(20)11-9-15)22-18(23)21-13-12-14-6-4-5-7-17(14)24-3/h4-11H,12-13H2,1-3H3,(H2,21,22,23). The number of nitrogens with one attached hydrogen (secondary N) is 2. The minimum Gasteiger partial charge on any atom is -0.496 e. The van der Waals surface area contributed by atoms with Crippen molar-refractivity contribution in [3.05, 3.63) is 65.5 Å². The number of para-hydroxylation sites is 1. The Labute approximate surface area is 142 Å². The molecule has 4 nitrogen and oxygen atoms in total. The lowest BCUT2D eigenvalue weighted by Crippen LogP contribution is -2.46. The molecule has 0 unspecified atom stereocenters. The summed E-state index contributed by atoms with van der Waals surface area (Å²) in [5.41, 5.74) is 1.28. The first-order valence-electron chi connectivity index (χ1n) is 7.86. The molecule has 2 rings (SSSR count). The molecule has 0 heterocycles. The summed E-state index contributed by atoms with van der Waals surface area (Å²) in [7, 11) is 1.63. The Hall–Kier alpha value is -2.56. The van der Waals surface area contributed by atoms with Gasteiger partial charge in [0.15, 0.2) is 0 Å². The van der Waals surface area contributed by atoms with Gasteiger partial charge in [0.25, 0.3) is 0 Å². The maximum atomic E-state index is 13.0. The number of halogens is 1. The number of urea groups is 1. The Morgan fingerprint density at radius 3 is 2.46 bits per heavy atom. The van der Waals surface area contributed by atoms with Gasteiger partial charge in [-0.05, 0) is 49.6 Å². The van der Waals surface area contributed by atoms with Crippen LogP contribution in [0.1, 0.15) is 25.0 Å². The molecular formula is C19H23FN2O2. The van der Waals surface area contributed by atoms with E-state index < -0.39 is 5.54 Å². The normalized spacial score (nSPS) is 11.0. The van der Waals surface area contributed by atoms with Crippen LogP contribution in [0.15, 0.2) is 48.5 Å². The minimum absolute atomic E-state index is 0.265. The summed E-state index contributed by atoms with van der Waals surface area (Å²) in [4.78, 5) is 12.1. The number of ether oxygens (including phenoxy) is 1. The zero-order valence-electron chi connectivity index (χ0n) is 14.2. The lowest BCUT2D eigenvalue weighted by molar-refractivity contribution is 0.230. The van der Waals surface area contributed by atoms with Crippen molar-refractivity contribution in [3.8, 4) is 5.75 Å². The van der Waals surface area contributed by atoms with E-state index in [0.29, 0.717) is 13.0 Å². The van der Waals surface area contributed by atoms with E-state index in [1.165, 1.54) is 12.1 Å². The van der Waals surface area contributed by atoms with Gasteiger partial charge in [0.05, 0.1) is 12.6 Å². The van der Waals surface area contributed by atoms with Gasteiger partial charge in [0, 0.05) is 6.54 Å². The maximum Gasteiger partial charge on any atom is 0.315 e. The number of rotatable bonds is 6. The maximum absolute atomic E-state index is 13.0. The summed E-state index contributed by atoms with van der Waals surface area (Å²) in [5, 5.41) is 5.74. The second kappa shape index (κ2) is 7.81. The molecule has 0 fully saturated rings. The Bertz CT molecular complexity index is 684. The predicted molar refractivity (Wildman–Crippen MR) is 92.7 cm³/mol. The first kappa shape index (κ1) is 17.8. The van der Waals surface area contributed by atoms with Gasteiger partial charge in [-0.15, -0.1) is 0 Å². The molecule has 0 aliphatic rings. The number of amides is 2. The molecule has 0 aliphatic heterocycles. The molecule has 0 aromatic heterocycles. The molecule has 2 aromatic rings. The van der Waals surface area contributed by atoms with Gasteiger partial charge in [-0.3, -0.25) is 0 Å². The van der Waals surface area contributed by atoms with Crippen LogP contribution >= 0.6 is 0 Å². The second-order valence-corrected chi connectivity index (χ2v) is 6.07. The van der Waals surface area contributed by atoms with Crippen LogP contribution in [0.3, 0.4) is 0 Å². The van der Waals surface area contributed by atoms with E-state index >= 15 is 0 Å². The Kier molecular flexibility index (Phi) is 5.79. The highest BCUT2D eigenvalue weighted by molar-refractivity contribution is 5.75. The van der Waals surface area contributed by atoms with Crippen LogP contribution in [-0.2, 0) is 12.0 Å². The van der Waals surface area contributed by atoms with Crippen LogP contribution in [0.25, 0.3) is 0 Å². The number of benzene rings is 2. The molecule has 5 heteroatoms. The van der Waals surface area contributed by atoms with E-state index in [4.69, 9.17) is 4.74 Å². The third-order valence-electron chi connectivity index (χ3n) is 3.86. The third kappa shape index (κ3) is 4.72. The minimum atomic E-state index is -0.595.